The Kier molecular flexibility index (Phi) is 9.78. The van der Waals surface area contributed by atoms with Crippen molar-refractivity contribution >= 4 is 5.97 Å². The minimum atomic E-state index is -0.00450. The van der Waals surface area contributed by atoms with Crippen LogP contribution in [0.15, 0.2) is 0 Å². The Morgan fingerprint density at radius 1 is 1.00 bits per heavy atom. The first kappa shape index (κ1) is 16.5. The first-order valence-electron chi connectivity index (χ1n) is 8.21. The van der Waals surface area contributed by atoms with Crippen molar-refractivity contribution in [3.05, 3.63) is 0 Å². The van der Waals surface area contributed by atoms with Gasteiger partial charge >= 0.3 is 5.97 Å². The molecule has 0 atom stereocenters. The summed E-state index contributed by atoms with van der Waals surface area (Å²) >= 11 is 0. The molecule has 0 aromatic rings. The van der Waals surface area contributed by atoms with Crippen LogP contribution in [0.3, 0.4) is 0 Å². The molecule has 0 bridgehead atoms. The van der Waals surface area contributed by atoms with E-state index in [2.05, 4.69) is 11.8 Å². The maximum Gasteiger partial charge on any atom is 0.305 e. The first-order chi connectivity index (χ1) is 9.33. The second-order valence-corrected chi connectivity index (χ2v) is 5.64. The van der Waals surface area contributed by atoms with Crippen LogP contribution in [0, 0.1) is 0 Å². The number of carbonyl (C=O) groups is 1. The highest BCUT2D eigenvalue weighted by atomic mass is 16.5. The van der Waals surface area contributed by atoms with Gasteiger partial charge in [0.15, 0.2) is 0 Å². The molecule has 1 saturated heterocycles. The Balaban J connectivity index is 1.86. The summed E-state index contributed by atoms with van der Waals surface area (Å²) in [5.41, 5.74) is 0. The van der Waals surface area contributed by atoms with Crippen molar-refractivity contribution in [2.75, 3.05) is 26.2 Å². The molecule has 0 aromatic heterocycles. The molecule has 1 rings (SSSR count). The maximum absolute atomic E-state index is 11.5. The van der Waals surface area contributed by atoms with Gasteiger partial charge in [0.2, 0.25) is 0 Å². The van der Waals surface area contributed by atoms with Crippen LogP contribution >= 0.6 is 0 Å². The van der Waals surface area contributed by atoms with Crippen LogP contribution < -0.4 is 0 Å². The fourth-order valence-corrected chi connectivity index (χ4v) is 2.60. The van der Waals surface area contributed by atoms with E-state index in [0.717, 1.165) is 25.8 Å². The Morgan fingerprint density at radius 2 is 1.74 bits per heavy atom. The number of unbranched alkanes of at least 4 members (excludes halogenated alkanes) is 4. The molecule has 0 spiro atoms. The number of hydrogen-bond donors (Lipinski definition) is 0. The summed E-state index contributed by atoms with van der Waals surface area (Å²) in [5.74, 6) is -0.00450. The number of hydrogen-bond acceptors (Lipinski definition) is 3. The van der Waals surface area contributed by atoms with Crippen molar-refractivity contribution < 1.29 is 9.53 Å². The lowest BCUT2D eigenvalue weighted by atomic mass is 10.1. The molecule has 0 unspecified atom stereocenters. The molecule has 112 valence electrons. The van der Waals surface area contributed by atoms with Crippen LogP contribution in [0.2, 0.25) is 0 Å². The third-order valence-electron chi connectivity index (χ3n) is 3.81. The van der Waals surface area contributed by atoms with E-state index < -0.39 is 0 Å². The van der Waals surface area contributed by atoms with Crippen molar-refractivity contribution in [1.82, 2.24) is 4.90 Å². The summed E-state index contributed by atoms with van der Waals surface area (Å²) in [6.07, 6.45) is 11.6. The van der Waals surface area contributed by atoms with Gasteiger partial charge < -0.3 is 9.64 Å². The predicted octanol–water partition coefficient (Wildman–Crippen LogP) is 3.77. The van der Waals surface area contributed by atoms with E-state index in [1.54, 1.807) is 0 Å². The molecule has 1 fully saturated rings. The van der Waals surface area contributed by atoms with Gasteiger partial charge in [0.05, 0.1) is 6.61 Å². The zero-order chi connectivity index (χ0) is 13.8. The van der Waals surface area contributed by atoms with Crippen molar-refractivity contribution in [2.45, 2.75) is 71.1 Å². The number of rotatable bonds is 10. The molecule has 0 radical (unpaired) electrons. The Labute approximate surface area is 118 Å². The van der Waals surface area contributed by atoms with Crippen molar-refractivity contribution in [3.63, 3.8) is 0 Å². The smallest absolute Gasteiger partial charge is 0.305 e. The van der Waals surface area contributed by atoms with E-state index in [1.807, 2.05) is 0 Å². The van der Waals surface area contributed by atoms with Crippen LogP contribution in [0.1, 0.15) is 71.1 Å². The predicted molar refractivity (Wildman–Crippen MR) is 79.2 cm³/mol. The molecule has 1 heterocycles. The lowest BCUT2D eigenvalue weighted by Gasteiger charge is -2.26. The molecule has 1 aliphatic rings. The zero-order valence-corrected chi connectivity index (χ0v) is 12.7. The molecule has 0 aromatic carbocycles. The van der Waals surface area contributed by atoms with Gasteiger partial charge in [0.25, 0.3) is 0 Å². The second kappa shape index (κ2) is 11.3. The summed E-state index contributed by atoms with van der Waals surface area (Å²) in [6.45, 7) is 6.35. The van der Waals surface area contributed by atoms with Gasteiger partial charge in [-0.1, -0.05) is 39.0 Å². The van der Waals surface area contributed by atoms with E-state index in [9.17, 15) is 4.79 Å². The summed E-state index contributed by atoms with van der Waals surface area (Å²) in [7, 11) is 0. The van der Waals surface area contributed by atoms with Gasteiger partial charge in [-0.05, 0) is 38.8 Å². The number of carbonyl (C=O) groups excluding carboxylic acids is 1. The Bertz CT molecular complexity index is 225. The van der Waals surface area contributed by atoms with Gasteiger partial charge in [-0.25, -0.2) is 0 Å². The van der Waals surface area contributed by atoms with Crippen molar-refractivity contribution in [3.8, 4) is 0 Å². The molecule has 0 amide bonds. The van der Waals surface area contributed by atoms with E-state index in [4.69, 9.17) is 4.74 Å². The van der Waals surface area contributed by atoms with Crippen molar-refractivity contribution in [1.29, 1.82) is 0 Å². The molecule has 19 heavy (non-hydrogen) atoms. The minimum absolute atomic E-state index is 0.00450. The van der Waals surface area contributed by atoms with Crippen LogP contribution in [0.25, 0.3) is 0 Å². The van der Waals surface area contributed by atoms with Crippen LogP contribution in [0.5, 0.6) is 0 Å². The summed E-state index contributed by atoms with van der Waals surface area (Å²) in [5, 5.41) is 0. The molecular formula is C16H31NO2. The van der Waals surface area contributed by atoms with E-state index in [1.165, 1.54) is 51.6 Å². The average molecular weight is 269 g/mol. The van der Waals surface area contributed by atoms with Gasteiger partial charge in [0, 0.05) is 13.0 Å². The number of piperidine rings is 1. The van der Waals surface area contributed by atoms with Crippen LogP contribution in [-0.2, 0) is 9.53 Å². The lowest BCUT2D eigenvalue weighted by Crippen LogP contribution is -2.31. The van der Waals surface area contributed by atoms with E-state index in [0.29, 0.717) is 13.0 Å². The number of ether oxygens (including phenoxy) is 1. The van der Waals surface area contributed by atoms with Gasteiger partial charge in [0.1, 0.15) is 0 Å². The topological polar surface area (TPSA) is 29.5 Å². The summed E-state index contributed by atoms with van der Waals surface area (Å²) in [6, 6.07) is 0. The average Bonchev–Trinajstić information content (AvgIpc) is 2.44. The quantitative estimate of drug-likeness (QED) is 0.446. The number of nitrogens with zero attached hydrogens (tertiary/aromatic N) is 1. The van der Waals surface area contributed by atoms with Crippen LogP contribution in [-0.4, -0.2) is 37.1 Å². The molecular weight excluding hydrogens is 238 g/mol. The molecule has 3 heteroatoms. The minimum Gasteiger partial charge on any atom is -0.466 e. The number of likely N-dealkylation sites (tertiary alicyclic amines) is 1. The molecule has 0 saturated carbocycles. The molecule has 0 aliphatic carbocycles. The van der Waals surface area contributed by atoms with E-state index >= 15 is 0 Å². The molecule has 1 aliphatic heterocycles. The van der Waals surface area contributed by atoms with Gasteiger partial charge in [-0.2, -0.15) is 0 Å². The fourth-order valence-electron chi connectivity index (χ4n) is 2.60. The lowest BCUT2D eigenvalue weighted by molar-refractivity contribution is -0.144. The summed E-state index contributed by atoms with van der Waals surface area (Å²) in [4.78, 5) is 14.0. The summed E-state index contributed by atoms with van der Waals surface area (Å²) < 4.78 is 5.27. The first-order valence-corrected chi connectivity index (χ1v) is 8.21. The van der Waals surface area contributed by atoms with Crippen molar-refractivity contribution in [2.24, 2.45) is 0 Å². The van der Waals surface area contributed by atoms with Crippen LogP contribution in [0.4, 0.5) is 0 Å². The third kappa shape index (κ3) is 9.04. The Morgan fingerprint density at radius 3 is 2.47 bits per heavy atom. The fraction of sp³-hybridized carbons (Fsp3) is 0.938. The SMILES string of the molecule is CCCCCCCC(=O)OCCCN1CCCCC1. The monoisotopic (exact) mass is 269 g/mol. The zero-order valence-electron chi connectivity index (χ0n) is 12.7. The molecule has 3 nitrogen and oxygen atoms in total. The van der Waals surface area contributed by atoms with E-state index in [-0.39, 0.29) is 5.97 Å². The second-order valence-electron chi connectivity index (χ2n) is 5.64. The highest BCUT2D eigenvalue weighted by Gasteiger charge is 2.09. The highest BCUT2D eigenvalue weighted by Crippen LogP contribution is 2.09. The standard InChI is InChI=1S/C16H31NO2/c1-2-3-4-5-7-11-16(18)19-15-10-14-17-12-8-6-9-13-17/h2-15H2,1H3. The van der Waals surface area contributed by atoms with Gasteiger partial charge in [-0.15, -0.1) is 0 Å². The molecule has 0 N–H and O–H groups in total. The highest BCUT2D eigenvalue weighted by molar-refractivity contribution is 5.69. The Hall–Kier alpha value is -0.570. The normalized spacial score (nSPS) is 16.5. The number of esters is 1. The third-order valence-corrected chi connectivity index (χ3v) is 3.81. The maximum atomic E-state index is 11.5. The largest absolute Gasteiger partial charge is 0.466 e. The van der Waals surface area contributed by atoms with Gasteiger partial charge in [-0.3, -0.25) is 4.79 Å².